The SMILES string of the molecule is CSc1ccc([C@H]2Oc3ccc(Cl)cc3[C@H]3CC(c4ccc5ccccc5c4)=NN32)cc1. The first kappa shape index (κ1) is 19.7. The van der Waals surface area contributed by atoms with Gasteiger partial charge in [0, 0.05) is 27.5 Å². The monoisotopic (exact) mass is 456 g/mol. The number of halogens is 1. The fourth-order valence-electron chi connectivity index (χ4n) is 4.59. The van der Waals surface area contributed by atoms with Crippen molar-refractivity contribution in [3.63, 3.8) is 0 Å². The van der Waals surface area contributed by atoms with Crippen molar-refractivity contribution in [3.05, 3.63) is 107 Å². The van der Waals surface area contributed by atoms with Crippen LogP contribution >= 0.6 is 23.4 Å². The van der Waals surface area contributed by atoms with Gasteiger partial charge in [0.2, 0.25) is 6.23 Å². The first-order valence-corrected chi connectivity index (χ1v) is 12.2. The van der Waals surface area contributed by atoms with E-state index in [0.717, 1.165) is 34.6 Å². The topological polar surface area (TPSA) is 24.8 Å². The number of ether oxygens (including phenoxy) is 1. The largest absolute Gasteiger partial charge is 0.464 e. The highest BCUT2D eigenvalue weighted by Crippen LogP contribution is 2.48. The molecule has 4 aromatic carbocycles. The molecule has 0 amide bonds. The zero-order chi connectivity index (χ0) is 21.7. The molecular formula is C27H21ClN2OS. The number of nitrogens with zero attached hydrogens (tertiary/aromatic N) is 2. The summed E-state index contributed by atoms with van der Waals surface area (Å²) >= 11 is 8.09. The molecule has 0 unspecified atom stereocenters. The second-order valence-electron chi connectivity index (χ2n) is 8.13. The summed E-state index contributed by atoms with van der Waals surface area (Å²) in [5.74, 6) is 0.879. The minimum absolute atomic E-state index is 0.0872. The van der Waals surface area contributed by atoms with Crippen LogP contribution < -0.4 is 4.74 Å². The molecule has 4 aromatic rings. The van der Waals surface area contributed by atoms with E-state index in [-0.39, 0.29) is 12.3 Å². The summed E-state index contributed by atoms with van der Waals surface area (Å²) in [4.78, 5) is 1.23. The molecule has 2 aliphatic rings. The molecule has 32 heavy (non-hydrogen) atoms. The molecule has 0 saturated carbocycles. The summed E-state index contributed by atoms with van der Waals surface area (Å²) < 4.78 is 6.47. The van der Waals surface area contributed by atoms with Crippen LogP contribution in [0.5, 0.6) is 5.75 Å². The molecule has 0 N–H and O–H groups in total. The van der Waals surface area contributed by atoms with E-state index in [1.165, 1.54) is 15.7 Å². The van der Waals surface area contributed by atoms with E-state index in [9.17, 15) is 0 Å². The van der Waals surface area contributed by atoms with Crippen LogP contribution in [0.1, 0.15) is 35.4 Å². The third kappa shape index (κ3) is 3.35. The Balaban J connectivity index is 1.44. The minimum Gasteiger partial charge on any atom is -0.464 e. The molecule has 0 radical (unpaired) electrons. The molecular weight excluding hydrogens is 436 g/mol. The van der Waals surface area contributed by atoms with Gasteiger partial charge in [-0.3, -0.25) is 0 Å². The van der Waals surface area contributed by atoms with Gasteiger partial charge in [-0.2, -0.15) is 5.10 Å². The molecule has 0 spiro atoms. The molecule has 3 nitrogen and oxygen atoms in total. The molecule has 5 heteroatoms. The van der Waals surface area contributed by atoms with Gasteiger partial charge in [0.15, 0.2) is 0 Å². The Hall–Kier alpha value is -2.95. The van der Waals surface area contributed by atoms with Crippen LogP contribution in [0, 0.1) is 0 Å². The van der Waals surface area contributed by atoms with Gasteiger partial charge in [0.05, 0.1) is 11.8 Å². The lowest BCUT2D eigenvalue weighted by Gasteiger charge is -2.38. The molecule has 0 aromatic heterocycles. The molecule has 0 saturated heterocycles. The number of hydrogen-bond acceptors (Lipinski definition) is 4. The van der Waals surface area contributed by atoms with Gasteiger partial charge >= 0.3 is 0 Å². The van der Waals surface area contributed by atoms with Gasteiger partial charge in [-0.1, -0.05) is 60.1 Å². The van der Waals surface area contributed by atoms with Gasteiger partial charge < -0.3 is 4.74 Å². The van der Waals surface area contributed by atoms with Gasteiger partial charge in [0.25, 0.3) is 0 Å². The number of thioether (sulfide) groups is 1. The molecule has 0 fully saturated rings. The van der Waals surface area contributed by atoms with Crippen LogP contribution in [0.25, 0.3) is 10.8 Å². The van der Waals surface area contributed by atoms with Crippen molar-refractivity contribution in [2.24, 2.45) is 5.10 Å². The zero-order valence-electron chi connectivity index (χ0n) is 17.5. The van der Waals surface area contributed by atoms with Crippen molar-refractivity contribution < 1.29 is 4.74 Å². The van der Waals surface area contributed by atoms with Crippen molar-refractivity contribution in [1.82, 2.24) is 5.01 Å². The predicted octanol–water partition coefficient (Wildman–Crippen LogP) is 7.46. The summed E-state index contributed by atoms with van der Waals surface area (Å²) in [6, 6.07) is 29.5. The third-order valence-corrected chi connectivity index (χ3v) is 7.21. The lowest BCUT2D eigenvalue weighted by atomic mass is 9.95. The molecule has 2 aliphatic heterocycles. The van der Waals surface area contributed by atoms with Crippen molar-refractivity contribution in [3.8, 4) is 5.75 Å². The van der Waals surface area contributed by atoms with Gasteiger partial charge in [-0.25, -0.2) is 5.01 Å². The van der Waals surface area contributed by atoms with Gasteiger partial charge in [0.1, 0.15) is 5.75 Å². The number of hydrogen-bond donors (Lipinski definition) is 0. The number of benzene rings is 4. The number of rotatable bonds is 3. The van der Waals surface area contributed by atoms with Crippen LogP contribution in [-0.2, 0) is 0 Å². The first-order chi connectivity index (χ1) is 15.7. The lowest BCUT2D eigenvalue weighted by molar-refractivity contribution is -0.0190. The van der Waals surface area contributed by atoms with E-state index in [2.05, 4.69) is 78.0 Å². The average Bonchev–Trinajstić information content (AvgIpc) is 3.29. The summed E-state index contributed by atoms with van der Waals surface area (Å²) in [5, 5.41) is 10.4. The summed E-state index contributed by atoms with van der Waals surface area (Å²) in [6.07, 6.45) is 2.62. The maximum absolute atomic E-state index is 6.47. The van der Waals surface area contributed by atoms with E-state index >= 15 is 0 Å². The minimum atomic E-state index is -0.275. The second-order valence-corrected chi connectivity index (χ2v) is 9.45. The Bertz CT molecular complexity index is 1350. The normalized spacial score (nSPS) is 19.3. The number of hydrazone groups is 1. The zero-order valence-corrected chi connectivity index (χ0v) is 19.1. The molecule has 6 rings (SSSR count). The Morgan fingerprint density at radius 2 is 1.75 bits per heavy atom. The molecule has 158 valence electrons. The Labute approximate surface area is 196 Å². The molecule has 0 bridgehead atoms. The van der Waals surface area contributed by atoms with E-state index in [1.807, 2.05) is 18.2 Å². The third-order valence-electron chi connectivity index (χ3n) is 6.24. The summed E-state index contributed by atoms with van der Waals surface area (Å²) in [6.45, 7) is 0. The number of fused-ring (bicyclic) bond motifs is 4. The lowest BCUT2D eigenvalue weighted by Crippen LogP contribution is -2.33. The molecule has 2 heterocycles. The average molecular weight is 457 g/mol. The Morgan fingerprint density at radius 3 is 2.56 bits per heavy atom. The van der Waals surface area contributed by atoms with Gasteiger partial charge in [-0.05, 0) is 59.0 Å². The smallest absolute Gasteiger partial charge is 0.213 e. The van der Waals surface area contributed by atoms with Crippen LogP contribution in [0.4, 0.5) is 0 Å². The first-order valence-electron chi connectivity index (χ1n) is 10.6. The summed E-state index contributed by atoms with van der Waals surface area (Å²) in [7, 11) is 0. The van der Waals surface area contributed by atoms with Crippen LogP contribution in [-0.4, -0.2) is 17.0 Å². The van der Waals surface area contributed by atoms with Crippen molar-refractivity contribution in [1.29, 1.82) is 0 Å². The predicted molar refractivity (Wildman–Crippen MR) is 133 cm³/mol. The van der Waals surface area contributed by atoms with Crippen molar-refractivity contribution in [2.45, 2.75) is 23.6 Å². The highest BCUT2D eigenvalue weighted by atomic mass is 35.5. The van der Waals surface area contributed by atoms with Crippen LogP contribution in [0.3, 0.4) is 0 Å². The van der Waals surface area contributed by atoms with Gasteiger partial charge in [-0.15, -0.1) is 11.8 Å². The maximum atomic E-state index is 6.47. The van der Waals surface area contributed by atoms with Crippen molar-refractivity contribution >= 4 is 39.8 Å². The van der Waals surface area contributed by atoms with E-state index in [4.69, 9.17) is 21.4 Å². The van der Waals surface area contributed by atoms with E-state index < -0.39 is 0 Å². The molecule has 0 aliphatic carbocycles. The Kier molecular flexibility index (Phi) is 4.85. The van der Waals surface area contributed by atoms with Crippen molar-refractivity contribution in [2.75, 3.05) is 6.26 Å². The standard InChI is InChI=1S/C27H21ClN2OS/c1-32-22-11-8-18(9-12-22)27-30-25(23-15-21(28)10-13-26(23)31-27)16-24(29-30)20-7-6-17-4-2-3-5-19(17)14-20/h2-15,25,27H,16H2,1H3/t25-,27-/m1/s1. The second kappa shape index (κ2) is 7.88. The van der Waals surface area contributed by atoms with Crippen LogP contribution in [0.2, 0.25) is 5.02 Å². The molecule has 2 atom stereocenters. The quantitative estimate of drug-likeness (QED) is 0.299. The van der Waals surface area contributed by atoms with Crippen LogP contribution in [0.15, 0.2) is 94.9 Å². The van der Waals surface area contributed by atoms with E-state index in [1.54, 1.807) is 11.8 Å². The fourth-order valence-corrected chi connectivity index (χ4v) is 5.18. The highest BCUT2D eigenvalue weighted by molar-refractivity contribution is 7.98. The van der Waals surface area contributed by atoms with E-state index in [0.29, 0.717) is 5.02 Å². The summed E-state index contributed by atoms with van der Waals surface area (Å²) in [5.41, 5.74) is 4.41. The highest BCUT2D eigenvalue weighted by Gasteiger charge is 2.41. The fraction of sp³-hybridized carbons (Fsp3) is 0.148. The Morgan fingerprint density at radius 1 is 0.938 bits per heavy atom. The maximum Gasteiger partial charge on any atom is 0.213 e.